The molecule has 1 N–H and O–H groups in total. The van der Waals surface area contributed by atoms with E-state index >= 15 is 0 Å². The summed E-state index contributed by atoms with van der Waals surface area (Å²) in [5.74, 6) is 0.995. The average molecular weight is 515 g/mol. The monoisotopic (exact) mass is 514 g/mol. The predicted molar refractivity (Wildman–Crippen MR) is 148 cm³/mol. The quantitative estimate of drug-likeness (QED) is 0.321. The summed E-state index contributed by atoms with van der Waals surface area (Å²) in [5.41, 5.74) is 1.51. The molecule has 1 aromatic carbocycles. The lowest BCUT2D eigenvalue weighted by Crippen LogP contribution is -2.36. The van der Waals surface area contributed by atoms with Crippen molar-refractivity contribution in [2.75, 3.05) is 28.4 Å². The van der Waals surface area contributed by atoms with Crippen LogP contribution in [0.2, 0.25) is 0 Å². The van der Waals surface area contributed by atoms with Gasteiger partial charge in [-0.25, -0.2) is 0 Å². The van der Waals surface area contributed by atoms with E-state index in [1.54, 1.807) is 21.1 Å². The van der Waals surface area contributed by atoms with Gasteiger partial charge in [-0.15, -0.1) is 0 Å². The molecule has 1 aromatic heterocycles. The van der Waals surface area contributed by atoms with Gasteiger partial charge in [0.2, 0.25) is 5.75 Å². The summed E-state index contributed by atoms with van der Waals surface area (Å²) >= 11 is 0. The molecular weight excluding hydrogens is 472 g/mol. The van der Waals surface area contributed by atoms with Crippen molar-refractivity contribution in [2.45, 2.75) is 59.7 Å². The van der Waals surface area contributed by atoms with Crippen molar-refractivity contribution in [1.82, 2.24) is 0 Å². The summed E-state index contributed by atoms with van der Waals surface area (Å²) in [6.45, 7) is 10.0. The van der Waals surface area contributed by atoms with Crippen molar-refractivity contribution in [2.24, 2.45) is 11.8 Å². The van der Waals surface area contributed by atoms with E-state index in [1.807, 2.05) is 31.2 Å². The zero-order valence-electron chi connectivity index (χ0n) is 23.6. The zero-order valence-corrected chi connectivity index (χ0v) is 23.6. The van der Waals surface area contributed by atoms with Crippen molar-refractivity contribution in [3.8, 4) is 17.2 Å². The molecule has 1 heterocycles. The highest BCUT2D eigenvalue weighted by Gasteiger charge is 2.29. The van der Waals surface area contributed by atoms with E-state index < -0.39 is 0 Å². The molecule has 0 aliphatic heterocycles. The fourth-order valence-corrected chi connectivity index (χ4v) is 4.61. The zero-order chi connectivity index (χ0) is 27.7. The lowest BCUT2D eigenvalue weighted by Gasteiger charge is -2.32. The molecule has 2 rings (SSSR count). The third-order valence-electron chi connectivity index (χ3n) is 7.03. The van der Waals surface area contributed by atoms with Gasteiger partial charge in [-0.1, -0.05) is 49.8 Å². The summed E-state index contributed by atoms with van der Waals surface area (Å²) in [6, 6.07) is 1.48. The highest BCUT2D eigenvalue weighted by molar-refractivity contribution is 5.91. The number of phenols is 1. The second kappa shape index (κ2) is 14.1. The van der Waals surface area contributed by atoms with Gasteiger partial charge in [0.05, 0.1) is 26.4 Å². The van der Waals surface area contributed by atoms with Gasteiger partial charge in [0.15, 0.2) is 16.8 Å². The first kappa shape index (κ1) is 30.2. The average Bonchev–Trinajstić information content (AvgIpc) is 2.90. The van der Waals surface area contributed by atoms with Crippen molar-refractivity contribution < 1.29 is 28.5 Å². The lowest BCUT2D eigenvalue weighted by atomic mass is 9.85. The molecule has 0 spiro atoms. The van der Waals surface area contributed by atoms with E-state index in [0.29, 0.717) is 29.9 Å². The van der Waals surface area contributed by atoms with Gasteiger partial charge in [-0.05, 0) is 33.1 Å². The van der Waals surface area contributed by atoms with E-state index in [4.69, 9.17) is 23.4 Å². The molecule has 0 fully saturated rings. The molecule has 204 valence electrons. The molecule has 0 saturated carbocycles. The molecule has 7 heteroatoms. The molecule has 37 heavy (non-hydrogen) atoms. The summed E-state index contributed by atoms with van der Waals surface area (Å²) in [7, 11) is 6.31. The number of methoxy groups -OCH3 is 4. The van der Waals surface area contributed by atoms with Crippen LogP contribution in [0.25, 0.3) is 11.0 Å². The van der Waals surface area contributed by atoms with Gasteiger partial charge in [0.1, 0.15) is 16.9 Å². The van der Waals surface area contributed by atoms with Crippen molar-refractivity contribution in [1.29, 1.82) is 0 Å². The SMILES string of the molecule is C/C=C(C)/C=C/C=C/[C@H](OC)[C@H](C)[C@H](OC)[C@H](C)CCc1oc2c(O)c(OC)cc(OC)c2c(=O)c1C. The highest BCUT2D eigenvalue weighted by Crippen LogP contribution is 2.40. The Bertz CT molecular complexity index is 1190. The fraction of sp³-hybridized carbons (Fsp3) is 0.500. The first-order valence-corrected chi connectivity index (χ1v) is 12.6. The number of allylic oxidation sites excluding steroid dienone is 5. The second-order valence-electron chi connectivity index (χ2n) is 9.37. The van der Waals surface area contributed by atoms with Crippen molar-refractivity contribution in [3.63, 3.8) is 0 Å². The van der Waals surface area contributed by atoms with Crippen LogP contribution in [0.3, 0.4) is 0 Å². The topological polar surface area (TPSA) is 87.4 Å². The lowest BCUT2D eigenvalue weighted by molar-refractivity contribution is -0.0343. The number of ether oxygens (including phenoxy) is 4. The third kappa shape index (κ3) is 7.05. The van der Waals surface area contributed by atoms with Crippen LogP contribution in [0.15, 0.2) is 51.2 Å². The summed E-state index contributed by atoms with van der Waals surface area (Å²) in [6.07, 6.45) is 11.1. The number of aryl methyl sites for hydroxylation is 1. The summed E-state index contributed by atoms with van der Waals surface area (Å²) in [4.78, 5) is 13.2. The van der Waals surface area contributed by atoms with Gasteiger partial charge >= 0.3 is 0 Å². The molecule has 0 unspecified atom stereocenters. The Labute approximate surface area is 220 Å². The van der Waals surface area contributed by atoms with Crippen molar-refractivity contribution in [3.05, 3.63) is 63.6 Å². The molecule has 0 aliphatic carbocycles. The van der Waals surface area contributed by atoms with Gasteiger partial charge in [0.25, 0.3) is 0 Å². The Morgan fingerprint density at radius 3 is 2.32 bits per heavy atom. The Balaban J connectivity index is 2.27. The van der Waals surface area contributed by atoms with E-state index in [9.17, 15) is 9.90 Å². The normalized spacial score (nSPS) is 15.9. The maximum absolute atomic E-state index is 13.2. The Morgan fingerprint density at radius 2 is 1.76 bits per heavy atom. The van der Waals surface area contributed by atoms with Crippen molar-refractivity contribution >= 4 is 11.0 Å². The third-order valence-corrected chi connectivity index (χ3v) is 7.03. The number of benzene rings is 1. The van der Waals surface area contributed by atoms with Gasteiger partial charge in [-0.3, -0.25) is 4.79 Å². The standard InChI is InChI=1S/C30H42O7/c1-10-18(2)13-11-12-14-22(33-6)21(5)29(36-9)19(3)15-16-23-20(4)27(31)26-24(34-7)17-25(35-8)28(32)30(26)37-23/h10-14,17,19,21-22,29,32H,15-16H2,1-9H3/b13-11+,14-12+,18-10+/t19-,21+,22+,29-/m1/s1. The molecular formula is C30H42O7. The molecule has 0 radical (unpaired) electrons. The maximum Gasteiger partial charge on any atom is 0.202 e. The van der Waals surface area contributed by atoms with E-state index in [-0.39, 0.29) is 51.9 Å². The van der Waals surface area contributed by atoms with Crippen LogP contribution in [-0.2, 0) is 15.9 Å². The minimum absolute atomic E-state index is 0.0666. The van der Waals surface area contributed by atoms with Gasteiger partial charge in [-0.2, -0.15) is 0 Å². The van der Waals surface area contributed by atoms with Crippen LogP contribution in [0, 0.1) is 18.8 Å². The molecule has 4 atom stereocenters. The highest BCUT2D eigenvalue weighted by atomic mass is 16.5. The van der Waals surface area contributed by atoms with Crippen LogP contribution in [0.4, 0.5) is 0 Å². The van der Waals surface area contributed by atoms with Crippen LogP contribution in [0.1, 0.15) is 45.4 Å². The van der Waals surface area contributed by atoms with Crippen LogP contribution in [-0.4, -0.2) is 45.8 Å². The first-order chi connectivity index (χ1) is 17.6. The molecule has 0 aliphatic rings. The number of phenolic OH excluding ortho intramolecular Hbond substituents is 1. The number of fused-ring (bicyclic) bond motifs is 1. The molecule has 0 bridgehead atoms. The van der Waals surface area contributed by atoms with E-state index in [1.165, 1.54) is 25.9 Å². The Hall–Kier alpha value is -3.03. The van der Waals surface area contributed by atoms with Crippen LogP contribution >= 0.6 is 0 Å². The number of hydrogen-bond donors (Lipinski definition) is 1. The summed E-state index contributed by atoms with van der Waals surface area (Å²) in [5, 5.41) is 10.8. The molecule has 0 amide bonds. The maximum atomic E-state index is 13.2. The largest absolute Gasteiger partial charge is 0.502 e. The summed E-state index contributed by atoms with van der Waals surface area (Å²) < 4.78 is 28.3. The first-order valence-electron chi connectivity index (χ1n) is 12.6. The molecule has 2 aromatic rings. The van der Waals surface area contributed by atoms with Gasteiger partial charge < -0.3 is 28.5 Å². The number of rotatable bonds is 13. The smallest absolute Gasteiger partial charge is 0.202 e. The van der Waals surface area contributed by atoms with E-state index in [0.717, 1.165) is 0 Å². The Morgan fingerprint density at radius 1 is 1.08 bits per heavy atom. The number of hydrogen-bond acceptors (Lipinski definition) is 7. The minimum atomic E-state index is -0.235. The molecule has 7 nitrogen and oxygen atoms in total. The fourth-order valence-electron chi connectivity index (χ4n) is 4.61. The molecule has 0 saturated heterocycles. The minimum Gasteiger partial charge on any atom is -0.502 e. The number of aromatic hydroxyl groups is 1. The van der Waals surface area contributed by atoms with Gasteiger partial charge in [0, 0.05) is 38.2 Å². The van der Waals surface area contributed by atoms with Crippen LogP contribution < -0.4 is 14.9 Å². The predicted octanol–water partition coefficient (Wildman–Crippen LogP) is 6.14. The Kier molecular flexibility index (Phi) is 11.5. The van der Waals surface area contributed by atoms with Crippen LogP contribution in [0.5, 0.6) is 17.2 Å². The van der Waals surface area contributed by atoms with E-state index in [2.05, 4.69) is 26.8 Å². The second-order valence-corrected chi connectivity index (χ2v) is 9.37.